The molecule has 51 heavy (non-hydrogen) atoms. The Morgan fingerprint density at radius 1 is 0.941 bits per heavy atom. The number of carbonyl (C=O) groups excluding carboxylic acids is 1. The van der Waals surface area contributed by atoms with E-state index in [1.54, 1.807) is 0 Å². The van der Waals surface area contributed by atoms with Crippen molar-refractivity contribution in [3.05, 3.63) is 75.7 Å². The van der Waals surface area contributed by atoms with Gasteiger partial charge in [0.25, 0.3) is 5.91 Å². The molecule has 3 aliphatic rings. The average Bonchev–Trinajstić information content (AvgIpc) is 3.62. The maximum atomic E-state index is 13.3. The predicted octanol–water partition coefficient (Wildman–Crippen LogP) is 9.43. The maximum Gasteiger partial charge on any atom is 0.309 e. The average molecular weight is 711 g/mol. The van der Waals surface area contributed by atoms with Gasteiger partial charge in [0.2, 0.25) is 0 Å². The molecule has 1 unspecified atom stereocenters. The van der Waals surface area contributed by atoms with Crippen LogP contribution in [0.4, 0.5) is 0 Å². The van der Waals surface area contributed by atoms with Crippen molar-refractivity contribution in [1.29, 1.82) is 0 Å². The number of amides is 1. The van der Waals surface area contributed by atoms with Gasteiger partial charge in [-0.2, -0.15) is 0 Å². The van der Waals surface area contributed by atoms with Crippen LogP contribution in [0, 0.1) is 23.7 Å². The van der Waals surface area contributed by atoms with Crippen LogP contribution >= 0.6 is 11.3 Å². The van der Waals surface area contributed by atoms with Gasteiger partial charge in [0, 0.05) is 54.1 Å². The highest BCUT2D eigenvalue weighted by Gasteiger charge is 2.34. The van der Waals surface area contributed by atoms with Crippen LogP contribution in [0.1, 0.15) is 124 Å². The van der Waals surface area contributed by atoms with E-state index in [-0.39, 0.29) is 23.3 Å². The Morgan fingerprint density at radius 3 is 2.27 bits per heavy atom. The van der Waals surface area contributed by atoms with Crippen LogP contribution in [0.15, 0.2) is 54.9 Å². The lowest BCUT2D eigenvalue weighted by molar-refractivity contribution is -0.147. The van der Waals surface area contributed by atoms with Crippen LogP contribution in [0.2, 0.25) is 0 Å². The van der Waals surface area contributed by atoms with Crippen LogP contribution in [0.3, 0.4) is 0 Å². The van der Waals surface area contributed by atoms with Crippen LogP contribution < -0.4 is 5.32 Å². The summed E-state index contributed by atoms with van der Waals surface area (Å²) in [5, 5.41) is 12.6. The zero-order valence-corrected chi connectivity index (χ0v) is 32.0. The highest BCUT2D eigenvalue weighted by atomic mass is 32.1. The molecule has 1 aromatic carbocycles. The van der Waals surface area contributed by atoms with Crippen molar-refractivity contribution in [2.45, 2.75) is 116 Å². The Hall–Kier alpha value is -3.36. The molecule has 2 fully saturated rings. The molecule has 6 rings (SSSR count). The van der Waals surface area contributed by atoms with Gasteiger partial charge in [0.15, 0.2) is 5.82 Å². The van der Waals surface area contributed by atoms with Gasteiger partial charge in [-0.15, -0.1) is 11.3 Å². The summed E-state index contributed by atoms with van der Waals surface area (Å²) in [6, 6.07) is 12.1. The van der Waals surface area contributed by atoms with E-state index in [4.69, 9.17) is 9.97 Å². The fourth-order valence-corrected chi connectivity index (χ4v) is 9.33. The van der Waals surface area contributed by atoms with Crippen molar-refractivity contribution in [3.63, 3.8) is 0 Å². The number of nitrogens with one attached hydrogen (secondary N) is 1. The summed E-state index contributed by atoms with van der Waals surface area (Å²) in [5.74, 6) is 2.26. The third-order valence-electron chi connectivity index (χ3n) is 11.6. The molecule has 2 aliphatic carbocycles. The monoisotopic (exact) mass is 710 g/mol. The molecule has 1 saturated carbocycles. The molecule has 2 atom stereocenters. The fraction of sp³-hybridized carbons (Fsp3) is 0.581. The largest absolute Gasteiger partial charge is 0.481 e. The van der Waals surface area contributed by atoms with Crippen LogP contribution in [-0.4, -0.2) is 57.5 Å². The number of likely N-dealkylation sites (tertiary alicyclic amines) is 1. The lowest BCUT2D eigenvalue weighted by Crippen LogP contribution is -2.55. The Kier molecular flexibility index (Phi) is 12.5. The topological polar surface area (TPSA) is 95.4 Å². The summed E-state index contributed by atoms with van der Waals surface area (Å²) >= 11 is 1.54. The van der Waals surface area contributed by atoms with E-state index in [0.717, 1.165) is 40.9 Å². The fourth-order valence-electron chi connectivity index (χ4n) is 8.36. The number of hydrogen-bond donors (Lipinski definition) is 2. The van der Waals surface area contributed by atoms with Gasteiger partial charge in [-0.1, -0.05) is 96.6 Å². The Labute approximate surface area is 309 Å². The van der Waals surface area contributed by atoms with Crippen LogP contribution in [0.25, 0.3) is 17.0 Å². The number of nitrogens with zero attached hydrogens (tertiary/aromatic N) is 3. The van der Waals surface area contributed by atoms with Crippen molar-refractivity contribution in [1.82, 2.24) is 20.2 Å². The molecule has 8 heteroatoms. The van der Waals surface area contributed by atoms with Crippen molar-refractivity contribution in [2.75, 3.05) is 19.6 Å². The quantitative estimate of drug-likeness (QED) is 0.162. The van der Waals surface area contributed by atoms with Gasteiger partial charge < -0.3 is 10.4 Å². The van der Waals surface area contributed by atoms with Gasteiger partial charge in [0.05, 0.1) is 10.8 Å². The van der Waals surface area contributed by atoms with Crippen molar-refractivity contribution >= 4 is 28.8 Å². The molecule has 1 saturated heterocycles. The van der Waals surface area contributed by atoms with Gasteiger partial charge >= 0.3 is 5.97 Å². The molecule has 3 aromatic rings. The minimum atomic E-state index is -0.754. The van der Waals surface area contributed by atoms with Crippen LogP contribution in [-0.2, 0) is 16.6 Å². The highest BCUT2D eigenvalue weighted by molar-refractivity contribution is 7.14. The minimum Gasteiger partial charge on any atom is -0.481 e. The second kappa shape index (κ2) is 17.0. The number of carboxylic acid groups (broad SMARTS) is 1. The lowest BCUT2D eigenvalue weighted by Gasteiger charge is -2.39. The molecule has 1 amide bonds. The van der Waals surface area contributed by atoms with E-state index in [0.29, 0.717) is 36.8 Å². The first-order valence-corrected chi connectivity index (χ1v) is 20.3. The van der Waals surface area contributed by atoms with Gasteiger partial charge in [0.1, 0.15) is 0 Å². The van der Waals surface area contributed by atoms with E-state index in [2.05, 4.69) is 68.3 Å². The molecule has 2 N–H and O–H groups in total. The van der Waals surface area contributed by atoms with Gasteiger partial charge in [-0.25, -0.2) is 9.97 Å². The van der Waals surface area contributed by atoms with Gasteiger partial charge in [-0.3, -0.25) is 14.5 Å². The smallest absolute Gasteiger partial charge is 0.309 e. The second-order valence-electron chi connectivity index (χ2n) is 16.6. The molecule has 3 heterocycles. The van der Waals surface area contributed by atoms with E-state index in [1.807, 2.05) is 24.5 Å². The number of aromatic nitrogens is 2. The number of hydrogen-bond acceptors (Lipinski definition) is 6. The van der Waals surface area contributed by atoms with Crippen molar-refractivity contribution in [3.8, 4) is 11.4 Å². The third-order valence-corrected chi connectivity index (χ3v) is 13.1. The number of thiophene rings is 1. The maximum absolute atomic E-state index is 13.3. The summed E-state index contributed by atoms with van der Waals surface area (Å²) < 4.78 is 0. The molecule has 1 aliphatic heterocycles. The summed E-state index contributed by atoms with van der Waals surface area (Å²) in [5.41, 5.74) is 4.59. The number of benzene rings is 1. The number of unbranched alkanes of at least 4 members (excludes halogenated alkanes) is 2. The molecule has 7 nitrogen and oxygen atoms in total. The number of carboxylic acids is 1. The first-order chi connectivity index (χ1) is 24.6. The lowest BCUT2D eigenvalue weighted by atomic mass is 9.70. The van der Waals surface area contributed by atoms with E-state index in [9.17, 15) is 14.7 Å². The normalized spacial score (nSPS) is 22.2. The Bertz CT molecular complexity index is 1630. The Balaban J connectivity index is 1.03. The number of carbonyl (C=O) groups is 2. The Morgan fingerprint density at radius 2 is 1.67 bits per heavy atom. The predicted molar refractivity (Wildman–Crippen MR) is 208 cm³/mol. The standard InChI is InChI=1S/C43H58N4O3S/c1-5-6-7-8-29-9-13-31(14-10-29)32-17-19-33(20-18-32)35-24-44-40(45-25-35)34-15-11-30(12-16-34)23-37(28-47-26-36(27-47)42(49)50)46-41(48)38-21-22-39(51-38)43(2,3)4/h11-12,15-16,19,21-22,24-25,29,31-32,36-37H,5-10,13-14,17-18,20,23,26-28H2,1-4H3,(H,46,48)(H,49,50)/t29?,31?,32?,37-/m0/s1. The summed E-state index contributed by atoms with van der Waals surface area (Å²) in [4.78, 5) is 38.3. The van der Waals surface area contributed by atoms with Crippen LogP contribution in [0.5, 0.6) is 0 Å². The first kappa shape index (κ1) is 37.4. The zero-order chi connectivity index (χ0) is 36.0. The number of aliphatic carboxylic acids is 1. The van der Waals surface area contributed by atoms with Crippen molar-refractivity contribution in [2.24, 2.45) is 23.7 Å². The second-order valence-corrected chi connectivity index (χ2v) is 17.7. The molecule has 0 spiro atoms. The third kappa shape index (κ3) is 9.95. The summed E-state index contributed by atoms with van der Waals surface area (Å²) in [6.45, 7) is 10.4. The van der Waals surface area contributed by atoms with Gasteiger partial charge in [-0.05, 0) is 85.0 Å². The molecule has 274 valence electrons. The van der Waals surface area contributed by atoms with E-state index in [1.165, 1.54) is 86.0 Å². The van der Waals surface area contributed by atoms with Crippen molar-refractivity contribution < 1.29 is 14.7 Å². The molecule has 0 radical (unpaired) electrons. The molecular formula is C43H58N4O3S. The SMILES string of the molecule is CCCCCC1CCC(C2CC=C(c3cnc(-c4ccc(C[C@@H](CN5CC(C(=O)O)C5)NC(=O)c5ccc(C(C)(C)C)s5)cc4)nc3)CC2)CC1. The molecular weight excluding hydrogens is 653 g/mol. The number of allylic oxidation sites excluding steroid dienone is 2. The first-order valence-electron chi connectivity index (χ1n) is 19.5. The summed E-state index contributed by atoms with van der Waals surface area (Å²) in [6.07, 6.45) is 22.0. The minimum absolute atomic E-state index is 0.0131. The zero-order valence-electron chi connectivity index (χ0n) is 31.2. The highest BCUT2D eigenvalue weighted by Crippen LogP contribution is 2.42. The number of rotatable bonds is 14. The summed E-state index contributed by atoms with van der Waals surface area (Å²) in [7, 11) is 0. The van der Waals surface area contributed by atoms with E-state index >= 15 is 0 Å². The molecule has 0 bridgehead atoms. The van der Waals surface area contributed by atoms with E-state index < -0.39 is 5.97 Å². The molecule has 2 aromatic heterocycles.